The van der Waals surface area contributed by atoms with Crippen molar-refractivity contribution in [2.24, 2.45) is 0 Å². The molecule has 1 aromatic carbocycles. The van der Waals surface area contributed by atoms with Crippen LogP contribution in [0.3, 0.4) is 0 Å². The number of benzene rings is 1. The molecule has 1 aromatic heterocycles. The van der Waals surface area contributed by atoms with Gasteiger partial charge in [-0.3, -0.25) is 5.10 Å². The first-order chi connectivity index (χ1) is 8.15. The molecule has 3 nitrogen and oxygen atoms in total. The van der Waals surface area contributed by atoms with E-state index in [9.17, 15) is 0 Å². The van der Waals surface area contributed by atoms with Gasteiger partial charge in [-0.2, -0.15) is 0 Å². The minimum absolute atomic E-state index is 0.399. The van der Waals surface area contributed by atoms with Crippen LogP contribution in [0.15, 0.2) is 29.4 Å². The van der Waals surface area contributed by atoms with E-state index in [0.717, 1.165) is 16.7 Å². The Balaban J connectivity index is 1.95. The number of aryl methyl sites for hydroxylation is 1. The summed E-state index contributed by atoms with van der Waals surface area (Å²) >= 11 is 1.66. The van der Waals surface area contributed by atoms with Crippen LogP contribution in [0.1, 0.15) is 36.7 Å². The summed E-state index contributed by atoms with van der Waals surface area (Å²) in [6.07, 6.45) is 0. The monoisotopic (exact) mass is 247 g/mol. The minimum atomic E-state index is 0.399. The highest BCUT2D eigenvalue weighted by atomic mass is 32.2. The summed E-state index contributed by atoms with van der Waals surface area (Å²) in [5.41, 5.74) is 2.59. The molecule has 0 aliphatic rings. The normalized spacial score (nSPS) is 11.1. The largest absolute Gasteiger partial charge is 0.262 e. The Bertz CT molecular complexity index is 474. The Morgan fingerprint density at radius 3 is 2.53 bits per heavy atom. The van der Waals surface area contributed by atoms with Gasteiger partial charge in [-0.05, 0) is 12.5 Å². The number of nitrogens with one attached hydrogen (secondary N) is 1. The van der Waals surface area contributed by atoms with Gasteiger partial charge in [-0.1, -0.05) is 55.4 Å². The Kier molecular flexibility index (Phi) is 3.84. The number of nitrogens with zero attached hydrogens (tertiary/aromatic N) is 2. The lowest BCUT2D eigenvalue weighted by atomic mass is 10.2. The van der Waals surface area contributed by atoms with Crippen molar-refractivity contribution >= 4 is 11.8 Å². The summed E-state index contributed by atoms with van der Waals surface area (Å²) in [6, 6.07) is 8.57. The van der Waals surface area contributed by atoms with Crippen molar-refractivity contribution in [3.8, 4) is 0 Å². The van der Waals surface area contributed by atoms with Crippen LogP contribution in [0, 0.1) is 6.92 Å². The second kappa shape index (κ2) is 5.36. The Morgan fingerprint density at radius 1 is 1.24 bits per heavy atom. The molecule has 0 amide bonds. The molecule has 90 valence electrons. The number of rotatable bonds is 4. The molecule has 0 aliphatic carbocycles. The number of H-pyrrole nitrogens is 1. The van der Waals surface area contributed by atoms with Crippen LogP contribution in [-0.4, -0.2) is 15.2 Å². The molecule has 2 rings (SSSR count). The smallest absolute Gasteiger partial charge is 0.208 e. The number of hydrogen-bond donors (Lipinski definition) is 1. The van der Waals surface area contributed by atoms with Crippen LogP contribution in [0.5, 0.6) is 0 Å². The van der Waals surface area contributed by atoms with E-state index in [4.69, 9.17) is 0 Å². The van der Waals surface area contributed by atoms with Crippen molar-refractivity contribution < 1.29 is 0 Å². The first-order valence-electron chi connectivity index (χ1n) is 5.76. The molecule has 1 N–H and O–H groups in total. The molecule has 0 saturated heterocycles. The highest BCUT2D eigenvalue weighted by molar-refractivity contribution is 7.98. The SMILES string of the molecule is Cc1ccc(CSc2n[nH]c(C(C)C)n2)cc1. The fraction of sp³-hybridized carbons (Fsp3) is 0.385. The summed E-state index contributed by atoms with van der Waals surface area (Å²) in [7, 11) is 0. The van der Waals surface area contributed by atoms with E-state index in [2.05, 4.69) is 60.2 Å². The standard InChI is InChI=1S/C13H17N3S/c1-9(2)12-14-13(16-15-12)17-8-11-6-4-10(3)5-7-11/h4-7,9H,8H2,1-3H3,(H,14,15,16). The molecule has 0 fully saturated rings. The molecular formula is C13H17N3S. The fourth-order valence-electron chi connectivity index (χ4n) is 1.41. The Hall–Kier alpha value is -1.29. The van der Waals surface area contributed by atoms with E-state index in [0.29, 0.717) is 5.92 Å². The summed E-state index contributed by atoms with van der Waals surface area (Å²) in [5, 5.41) is 7.99. The summed E-state index contributed by atoms with van der Waals surface area (Å²) in [4.78, 5) is 4.44. The average molecular weight is 247 g/mol. The van der Waals surface area contributed by atoms with Gasteiger partial charge >= 0.3 is 0 Å². The lowest BCUT2D eigenvalue weighted by Gasteiger charge is -1.99. The maximum Gasteiger partial charge on any atom is 0.208 e. The summed E-state index contributed by atoms with van der Waals surface area (Å²) < 4.78 is 0. The zero-order valence-corrected chi connectivity index (χ0v) is 11.2. The van der Waals surface area contributed by atoms with Gasteiger partial charge in [0, 0.05) is 11.7 Å². The fourth-order valence-corrected chi connectivity index (χ4v) is 2.17. The second-order valence-corrected chi connectivity index (χ2v) is 5.37. The second-order valence-electron chi connectivity index (χ2n) is 4.43. The van der Waals surface area contributed by atoms with Gasteiger partial charge < -0.3 is 0 Å². The number of aromatic amines is 1. The van der Waals surface area contributed by atoms with E-state index >= 15 is 0 Å². The number of hydrogen-bond acceptors (Lipinski definition) is 3. The molecule has 2 aromatic rings. The van der Waals surface area contributed by atoms with Crippen molar-refractivity contribution in [3.05, 3.63) is 41.2 Å². The molecule has 0 aliphatic heterocycles. The third-order valence-corrected chi connectivity index (χ3v) is 3.44. The van der Waals surface area contributed by atoms with Crippen molar-refractivity contribution in [1.29, 1.82) is 0 Å². The van der Waals surface area contributed by atoms with Gasteiger partial charge in [0.1, 0.15) is 5.82 Å². The van der Waals surface area contributed by atoms with E-state index in [1.54, 1.807) is 11.8 Å². The topological polar surface area (TPSA) is 41.6 Å². The zero-order chi connectivity index (χ0) is 12.3. The van der Waals surface area contributed by atoms with E-state index in [-0.39, 0.29) is 0 Å². The predicted molar refractivity (Wildman–Crippen MR) is 71.2 cm³/mol. The molecule has 0 saturated carbocycles. The van der Waals surface area contributed by atoms with Gasteiger partial charge in [0.25, 0.3) is 0 Å². The van der Waals surface area contributed by atoms with Gasteiger partial charge in [0.2, 0.25) is 5.16 Å². The number of thioether (sulfide) groups is 1. The third-order valence-electron chi connectivity index (χ3n) is 2.52. The van der Waals surface area contributed by atoms with E-state index in [1.165, 1.54) is 11.1 Å². The quantitative estimate of drug-likeness (QED) is 0.840. The molecule has 4 heteroatoms. The van der Waals surface area contributed by atoms with Crippen LogP contribution < -0.4 is 0 Å². The molecule has 17 heavy (non-hydrogen) atoms. The van der Waals surface area contributed by atoms with E-state index < -0.39 is 0 Å². The van der Waals surface area contributed by atoms with Crippen molar-refractivity contribution in [2.45, 2.75) is 37.6 Å². The van der Waals surface area contributed by atoms with Crippen LogP contribution >= 0.6 is 11.8 Å². The van der Waals surface area contributed by atoms with Gasteiger partial charge in [0.15, 0.2) is 0 Å². The van der Waals surface area contributed by atoms with Crippen LogP contribution in [0.2, 0.25) is 0 Å². The van der Waals surface area contributed by atoms with Gasteiger partial charge in [-0.25, -0.2) is 4.98 Å². The Morgan fingerprint density at radius 2 is 1.94 bits per heavy atom. The summed E-state index contributed by atoms with van der Waals surface area (Å²) in [5.74, 6) is 2.27. The lowest BCUT2D eigenvalue weighted by Crippen LogP contribution is -1.89. The van der Waals surface area contributed by atoms with E-state index in [1.807, 2.05) is 0 Å². The minimum Gasteiger partial charge on any atom is -0.262 e. The molecular weight excluding hydrogens is 230 g/mol. The molecule has 1 heterocycles. The first kappa shape index (κ1) is 12.2. The van der Waals surface area contributed by atoms with Crippen LogP contribution in [-0.2, 0) is 5.75 Å². The highest BCUT2D eigenvalue weighted by Crippen LogP contribution is 2.20. The molecule has 0 atom stereocenters. The van der Waals surface area contributed by atoms with Crippen LogP contribution in [0.25, 0.3) is 0 Å². The van der Waals surface area contributed by atoms with Crippen LogP contribution in [0.4, 0.5) is 0 Å². The molecule has 0 unspecified atom stereocenters. The van der Waals surface area contributed by atoms with Gasteiger partial charge in [-0.15, -0.1) is 5.10 Å². The third kappa shape index (κ3) is 3.33. The molecule has 0 radical (unpaired) electrons. The maximum absolute atomic E-state index is 4.44. The van der Waals surface area contributed by atoms with Crippen molar-refractivity contribution in [1.82, 2.24) is 15.2 Å². The molecule has 0 spiro atoms. The van der Waals surface area contributed by atoms with Crippen molar-refractivity contribution in [2.75, 3.05) is 0 Å². The lowest BCUT2D eigenvalue weighted by molar-refractivity contribution is 0.780. The summed E-state index contributed by atoms with van der Waals surface area (Å²) in [6.45, 7) is 6.31. The van der Waals surface area contributed by atoms with Crippen molar-refractivity contribution in [3.63, 3.8) is 0 Å². The Labute approximate surface area is 106 Å². The first-order valence-corrected chi connectivity index (χ1v) is 6.74. The maximum atomic E-state index is 4.44. The molecule has 0 bridgehead atoms. The average Bonchev–Trinajstić information content (AvgIpc) is 2.77. The predicted octanol–water partition coefficient (Wildman–Crippen LogP) is 3.53. The number of aromatic nitrogens is 3. The highest BCUT2D eigenvalue weighted by Gasteiger charge is 2.06. The van der Waals surface area contributed by atoms with Gasteiger partial charge in [0.05, 0.1) is 0 Å². The zero-order valence-electron chi connectivity index (χ0n) is 10.4.